The molecule has 0 amide bonds. The highest BCUT2D eigenvalue weighted by Crippen LogP contribution is 2.32. The number of rotatable bonds is 10. The first kappa shape index (κ1) is 23.9. The Hall–Kier alpha value is -2.77. The molecule has 32 heavy (non-hydrogen) atoms. The Morgan fingerprint density at radius 2 is 1.84 bits per heavy atom. The van der Waals surface area contributed by atoms with Gasteiger partial charge in [0.05, 0.1) is 6.61 Å². The number of aromatic nitrogens is 3. The molecule has 3 rings (SSSR count). The number of pyridine rings is 1. The Bertz CT molecular complexity index is 1050. The Labute approximate surface area is 189 Å². The van der Waals surface area contributed by atoms with Crippen molar-refractivity contribution in [2.75, 3.05) is 13.2 Å². The number of ether oxygens (including phenoxy) is 1. The van der Waals surface area contributed by atoms with E-state index in [-0.39, 0.29) is 13.2 Å². The van der Waals surface area contributed by atoms with Crippen LogP contribution in [0.4, 0.5) is 0 Å². The van der Waals surface area contributed by atoms with E-state index in [0.29, 0.717) is 17.6 Å². The number of nitrogens with zero attached hydrogens (tertiary/aromatic N) is 3. The van der Waals surface area contributed by atoms with E-state index in [1.54, 1.807) is 0 Å². The first-order chi connectivity index (χ1) is 15.3. The van der Waals surface area contributed by atoms with Crippen LogP contribution < -0.4 is 4.74 Å². The highest BCUT2D eigenvalue weighted by molar-refractivity contribution is 5.64. The monoisotopic (exact) mass is 439 g/mol. The summed E-state index contributed by atoms with van der Waals surface area (Å²) in [5.74, 6) is 2.23. The number of aryl methyl sites for hydroxylation is 3. The normalized spacial score (nSPS) is 12.4. The molecule has 0 radical (unpaired) electrons. The fourth-order valence-corrected chi connectivity index (χ4v) is 3.71. The summed E-state index contributed by atoms with van der Waals surface area (Å²) in [6.45, 7) is 10.1. The van der Waals surface area contributed by atoms with Gasteiger partial charge in [-0.2, -0.15) is 4.98 Å². The van der Waals surface area contributed by atoms with Crippen molar-refractivity contribution in [1.82, 2.24) is 15.1 Å². The summed E-state index contributed by atoms with van der Waals surface area (Å²) in [5.41, 5.74) is 5.59. The average molecular weight is 440 g/mol. The van der Waals surface area contributed by atoms with Crippen LogP contribution in [0.1, 0.15) is 49.7 Å². The second-order valence-corrected chi connectivity index (χ2v) is 8.69. The molecule has 3 aromatic rings. The molecule has 7 nitrogen and oxygen atoms in total. The maximum absolute atomic E-state index is 9.65. The third-order valence-corrected chi connectivity index (χ3v) is 5.06. The van der Waals surface area contributed by atoms with Gasteiger partial charge in [-0.3, -0.25) is 4.98 Å². The van der Waals surface area contributed by atoms with Gasteiger partial charge in [-0.05, 0) is 68.0 Å². The average Bonchev–Trinajstić information content (AvgIpc) is 3.22. The first-order valence-electron chi connectivity index (χ1n) is 11.2. The van der Waals surface area contributed by atoms with Crippen molar-refractivity contribution in [2.45, 2.75) is 60.0 Å². The van der Waals surface area contributed by atoms with Crippen LogP contribution in [0.5, 0.6) is 5.75 Å². The smallest absolute Gasteiger partial charge is 0.258 e. The second kappa shape index (κ2) is 10.7. The van der Waals surface area contributed by atoms with Crippen LogP contribution >= 0.6 is 0 Å². The molecule has 0 aliphatic heterocycles. The molecular weight excluding hydrogens is 406 g/mol. The van der Waals surface area contributed by atoms with Crippen molar-refractivity contribution in [3.8, 4) is 28.6 Å². The molecule has 0 spiro atoms. The molecule has 0 aliphatic rings. The van der Waals surface area contributed by atoms with Gasteiger partial charge >= 0.3 is 0 Å². The first-order valence-corrected chi connectivity index (χ1v) is 11.2. The number of hydrogen-bond acceptors (Lipinski definition) is 7. The van der Waals surface area contributed by atoms with Gasteiger partial charge in [-0.15, -0.1) is 0 Å². The van der Waals surface area contributed by atoms with Gasteiger partial charge in [0.2, 0.25) is 5.82 Å². The van der Waals surface area contributed by atoms with Crippen molar-refractivity contribution in [3.05, 3.63) is 46.8 Å². The van der Waals surface area contributed by atoms with Crippen LogP contribution in [-0.2, 0) is 12.8 Å². The largest absolute Gasteiger partial charge is 0.490 e. The topological polar surface area (TPSA) is 102 Å². The molecule has 0 bridgehead atoms. The van der Waals surface area contributed by atoms with Gasteiger partial charge in [0.1, 0.15) is 18.5 Å². The summed E-state index contributed by atoms with van der Waals surface area (Å²) < 4.78 is 11.4. The quantitative estimate of drug-likeness (QED) is 0.486. The van der Waals surface area contributed by atoms with Crippen molar-refractivity contribution in [1.29, 1.82) is 0 Å². The summed E-state index contributed by atoms with van der Waals surface area (Å²) in [5, 5.41) is 22.9. The minimum atomic E-state index is -0.910. The van der Waals surface area contributed by atoms with Gasteiger partial charge < -0.3 is 19.5 Å². The van der Waals surface area contributed by atoms with Crippen molar-refractivity contribution in [3.63, 3.8) is 0 Å². The van der Waals surface area contributed by atoms with Crippen molar-refractivity contribution in [2.24, 2.45) is 5.92 Å². The molecule has 172 valence electrons. The van der Waals surface area contributed by atoms with Gasteiger partial charge in [-0.1, -0.05) is 32.3 Å². The lowest BCUT2D eigenvalue weighted by Gasteiger charge is -2.17. The van der Waals surface area contributed by atoms with E-state index in [2.05, 4.69) is 35.9 Å². The zero-order valence-corrected chi connectivity index (χ0v) is 19.6. The standard InChI is InChI=1S/C25H33N3O4/c1-6-7-18-11-19(9-16(4)23(18)31-14-22(30)13-29)24-27-25(32-28-24)20-10-17(5)26-21(12-20)8-15(2)3/h9-12,15,22,29-30H,6-8,13-14H2,1-5H3/t22-/m0/s1. The zero-order chi connectivity index (χ0) is 23.3. The lowest BCUT2D eigenvalue weighted by Crippen LogP contribution is -2.22. The van der Waals surface area contributed by atoms with E-state index in [1.165, 1.54) is 0 Å². The predicted octanol–water partition coefficient (Wildman–Crippen LogP) is 4.30. The molecule has 0 unspecified atom stereocenters. The molecule has 7 heteroatoms. The zero-order valence-electron chi connectivity index (χ0n) is 19.6. The van der Waals surface area contributed by atoms with Crippen LogP contribution in [0, 0.1) is 19.8 Å². The Morgan fingerprint density at radius 3 is 2.53 bits per heavy atom. The van der Waals surface area contributed by atoms with Crippen molar-refractivity contribution < 1.29 is 19.5 Å². The summed E-state index contributed by atoms with van der Waals surface area (Å²) in [4.78, 5) is 9.27. The van der Waals surface area contributed by atoms with E-state index in [0.717, 1.165) is 58.7 Å². The number of hydrogen-bond donors (Lipinski definition) is 2. The second-order valence-electron chi connectivity index (χ2n) is 8.69. The molecule has 0 aliphatic carbocycles. The molecule has 0 saturated carbocycles. The molecule has 0 fully saturated rings. The summed E-state index contributed by atoms with van der Waals surface area (Å²) >= 11 is 0. The van der Waals surface area contributed by atoms with Crippen LogP contribution in [0.15, 0.2) is 28.8 Å². The van der Waals surface area contributed by atoms with E-state index < -0.39 is 6.10 Å². The SMILES string of the molecule is CCCc1cc(-c2noc(-c3cc(C)nc(CC(C)C)c3)n2)cc(C)c1OC[C@@H](O)CO. The fraction of sp³-hybridized carbons (Fsp3) is 0.480. The maximum atomic E-state index is 9.65. The molecule has 0 saturated heterocycles. The molecule has 2 heterocycles. The van der Waals surface area contributed by atoms with E-state index >= 15 is 0 Å². The van der Waals surface area contributed by atoms with Crippen LogP contribution in [-0.4, -0.2) is 44.7 Å². The predicted molar refractivity (Wildman–Crippen MR) is 124 cm³/mol. The molecular formula is C25H33N3O4. The highest BCUT2D eigenvalue weighted by Gasteiger charge is 2.17. The highest BCUT2D eigenvalue weighted by atomic mass is 16.5. The fourth-order valence-electron chi connectivity index (χ4n) is 3.71. The molecule has 2 aromatic heterocycles. The Morgan fingerprint density at radius 1 is 1.06 bits per heavy atom. The summed E-state index contributed by atoms with van der Waals surface area (Å²) in [7, 11) is 0. The summed E-state index contributed by atoms with van der Waals surface area (Å²) in [6.07, 6.45) is 1.73. The number of benzene rings is 1. The number of aliphatic hydroxyl groups is 2. The Balaban J connectivity index is 1.92. The molecule has 1 aromatic carbocycles. The van der Waals surface area contributed by atoms with Gasteiger partial charge in [0.25, 0.3) is 5.89 Å². The maximum Gasteiger partial charge on any atom is 0.258 e. The van der Waals surface area contributed by atoms with Crippen molar-refractivity contribution >= 4 is 0 Å². The molecule has 1 atom stereocenters. The lowest BCUT2D eigenvalue weighted by molar-refractivity contribution is 0.0531. The van der Waals surface area contributed by atoms with E-state index in [4.69, 9.17) is 14.4 Å². The van der Waals surface area contributed by atoms with Gasteiger partial charge in [-0.25, -0.2) is 0 Å². The third kappa shape index (κ3) is 5.93. The molecule has 2 N–H and O–H groups in total. The summed E-state index contributed by atoms with van der Waals surface area (Å²) in [6, 6.07) is 7.93. The van der Waals surface area contributed by atoms with Gasteiger partial charge in [0.15, 0.2) is 0 Å². The van der Waals surface area contributed by atoms with E-state index in [1.807, 2.05) is 38.1 Å². The van der Waals surface area contributed by atoms with E-state index in [9.17, 15) is 5.11 Å². The van der Waals surface area contributed by atoms with Crippen LogP contribution in [0.2, 0.25) is 0 Å². The number of aliphatic hydroxyl groups excluding tert-OH is 2. The third-order valence-electron chi connectivity index (χ3n) is 5.06. The Kier molecular flexibility index (Phi) is 7.99. The van der Waals surface area contributed by atoms with Crippen LogP contribution in [0.25, 0.3) is 22.8 Å². The van der Waals surface area contributed by atoms with Crippen LogP contribution in [0.3, 0.4) is 0 Å². The minimum Gasteiger partial charge on any atom is -0.490 e. The van der Waals surface area contributed by atoms with Gasteiger partial charge in [0, 0.05) is 22.5 Å². The lowest BCUT2D eigenvalue weighted by atomic mass is 10.0. The minimum absolute atomic E-state index is 0.0415.